The molecule has 2 rings (SSSR count). The van der Waals surface area contributed by atoms with Crippen molar-refractivity contribution in [2.75, 3.05) is 19.3 Å². The molecule has 2 atom stereocenters. The SMILES string of the molecule is C[C@H](Cc1ccco1)NC(=O)[C@H]1CCCN(S(C)(=O)=O)C1. The van der Waals surface area contributed by atoms with E-state index in [-0.39, 0.29) is 24.4 Å². The van der Waals surface area contributed by atoms with Crippen LogP contribution in [0.5, 0.6) is 0 Å². The highest BCUT2D eigenvalue weighted by atomic mass is 32.2. The van der Waals surface area contributed by atoms with Crippen molar-refractivity contribution in [3.63, 3.8) is 0 Å². The van der Waals surface area contributed by atoms with E-state index >= 15 is 0 Å². The molecule has 0 bridgehead atoms. The van der Waals surface area contributed by atoms with Gasteiger partial charge in [-0.1, -0.05) is 0 Å². The maximum absolute atomic E-state index is 12.2. The van der Waals surface area contributed by atoms with Crippen molar-refractivity contribution >= 4 is 15.9 Å². The number of nitrogens with one attached hydrogen (secondary N) is 1. The van der Waals surface area contributed by atoms with Gasteiger partial charge in [0, 0.05) is 25.6 Å². The summed E-state index contributed by atoms with van der Waals surface area (Å²) in [4.78, 5) is 12.2. The van der Waals surface area contributed by atoms with Crippen LogP contribution in [0.4, 0.5) is 0 Å². The Balaban J connectivity index is 1.87. The maximum Gasteiger partial charge on any atom is 0.224 e. The molecule has 1 N–H and O–H groups in total. The zero-order valence-electron chi connectivity index (χ0n) is 12.4. The molecule has 1 aromatic rings. The van der Waals surface area contributed by atoms with Crippen molar-refractivity contribution < 1.29 is 17.6 Å². The van der Waals surface area contributed by atoms with Crippen molar-refractivity contribution in [1.29, 1.82) is 0 Å². The molecular weight excluding hydrogens is 292 g/mol. The second-order valence-electron chi connectivity index (χ2n) is 5.65. The monoisotopic (exact) mass is 314 g/mol. The molecule has 6 nitrogen and oxygen atoms in total. The van der Waals surface area contributed by atoms with E-state index in [0.29, 0.717) is 13.0 Å². The molecule has 1 aliphatic rings. The number of carbonyl (C=O) groups excluding carboxylic acids is 1. The van der Waals surface area contributed by atoms with Crippen LogP contribution < -0.4 is 5.32 Å². The van der Waals surface area contributed by atoms with Gasteiger partial charge < -0.3 is 9.73 Å². The Kier molecular flexibility index (Phi) is 5.05. The molecule has 0 radical (unpaired) electrons. The van der Waals surface area contributed by atoms with Crippen molar-refractivity contribution in [3.05, 3.63) is 24.2 Å². The highest BCUT2D eigenvalue weighted by molar-refractivity contribution is 7.88. The van der Waals surface area contributed by atoms with Crippen LogP contribution >= 0.6 is 0 Å². The highest BCUT2D eigenvalue weighted by Crippen LogP contribution is 2.19. The van der Waals surface area contributed by atoms with E-state index in [1.165, 1.54) is 10.6 Å². The summed E-state index contributed by atoms with van der Waals surface area (Å²) in [6, 6.07) is 3.64. The van der Waals surface area contributed by atoms with Crippen LogP contribution in [0.3, 0.4) is 0 Å². The van der Waals surface area contributed by atoms with E-state index in [2.05, 4.69) is 5.32 Å². The lowest BCUT2D eigenvalue weighted by atomic mass is 9.98. The van der Waals surface area contributed by atoms with Gasteiger partial charge >= 0.3 is 0 Å². The predicted molar refractivity (Wildman–Crippen MR) is 79.2 cm³/mol. The fourth-order valence-electron chi connectivity index (χ4n) is 2.60. The maximum atomic E-state index is 12.2. The molecule has 1 aromatic heterocycles. The zero-order valence-corrected chi connectivity index (χ0v) is 13.2. The van der Waals surface area contributed by atoms with Gasteiger partial charge in [0.25, 0.3) is 0 Å². The molecule has 1 aliphatic heterocycles. The van der Waals surface area contributed by atoms with Gasteiger partial charge in [0.1, 0.15) is 5.76 Å². The van der Waals surface area contributed by atoms with E-state index < -0.39 is 10.0 Å². The quantitative estimate of drug-likeness (QED) is 0.879. The molecule has 0 aromatic carbocycles. The fourth-order valence-corrected chi connectivity index (χ4v) is 3.51. The first-order valence-corrected chi connectivity index (χ1v) is 8.99. The number of piperidine rings is 1. The molecule has 0 saturated carbocycles. The smallest absolute Gasteiger partial charge is 0.224 e. The average Bonchev–Trinajstić information content (AvgIpc) is 2.90. The van der Waals surface area contributed by atoms with Crippen molar-refractivity contribution in [2.45, 2.75) is 32.2 Å². The molecule has 7 heteroatoms. The Morgan fingerprint density at radius 3 is 2.95 bits per heavy atom. The van der Waals surface area contributed by atoms with Crippen LogP contribution in [0.15, 0.2) is 22.8 Å². The Morgan fingerprint density at radius 2 is 2.33 bits per heavy atom. The van der Waals surface area contributed by atoms with Gasteiger partial charge in [-0.25, -0.2) is 12.7 Å². The Hall–Kier alpha value is -1.34. The summed E-state index contributed by atoms with van der Waals surface area (Å²) in [6.45, 7) is 2.69. The second-order valence-corrected chi connectivity index (χ2v) is 7.64. The van der Waals surface area contributed by atoms with Gasteiger partial charge in [0.15, 0.2) is 0 Å². The topological polar surface area (TPSA) is 79.6 Å². The highest BCUT2D eigenvalue weighted by Gasteiger charge is 2.30. The summed E-state index contributed by atoms with van der Waals surface area (Å²) >= 11 is 0. The first-order valence-electron chi connectivity index (χ1n) is 7.14. The van der Waals surface area contributed by atoms with E-state index in [4.69, 9.17) is 4.42 Å². The number of hydrogen-bond donors (Lipinski definition) is 1. The van der Waals surface area contributed by atoms with Gasteiger partial charge in [-0.3, -0.25) is 4.79 Å². The number of sulfonamides is 1. The van der Waals surface area contributed by atoms with Gasteiger partial charge in [-0.05, 0) is 31.9 Å². The third kappa shape index (κ3) is 4.57. The normalized spacial score (nSPS) is 21.9. The lowest BCUT2D eigenvalue weighted by Crippen LogP contribution is -2.47. The molecule has 0 spiro atoms. The standard InChI is InChI=1S/C14H22N2O4S/c1-11(9-13-6-4-8-20-13)15-14(17)12-5-3-7-16(10-12)21(2,18)19/h4,6,8,11-12H,3,5,7,9-10H2,1-2H3,(H,15,17)/t11-,12+/m1/s1. The number of furan rings is 1. The van der Waals surface area contributed by atoms with Crippen molar-refractivity contribution in [2.24, 2.45) is 5.92 Å². The fraction of sp³-hybridized carbons (Fsp3) is 0.643. The van der Waals surface area contributed by atoms with Crippen LogP contribution in [-0.2, 0) is 21.2 Å². The van der Waals surface area contributed by atoms with E-state index in [9.17, 15) is 13.2 Å². The number of rotatable bonds is 5. The first-order chi connectivity index (χ1) is 9.86. The van der Waals surface area contributed by atoms with Crippen LogP contribution in [0.25, 0.3) is 0 Å². The van der Waals surface area contributed by atoms with Gasteiger partial charge in [0.05, 0.1) is 18.4 Å². The molecule has 1 fully saturated rings. The number of amides is 1. The summed E-state index contributed by atoms with van der Waals surface area (Å²) in [6.07, 6.45) is 4.87. The Labute approximate surface area is 125 Å². The molecule has 118 valence electrons. The summed E-state index contributed by atoms with van der Waals surface area (Å²) in [5.41, 5.74) is 0. The minimum atomic E-state index is -3.22. The van der Waals surface area contributed by atoms with Crippen LogP contribution in [0, 0.1) is 5.92 Å². The number of nitrogens with zero attached hydrogens (tertiary/aromatic N) is 1. The van der Waals surface area contributed by atoms with E-state index in [1.54, 1.807) is 6.26 Å². The zero-order chi connectivity index (χ0) is 15.5. The van der Waals surface area contributed by atoms with E-state index in [0.717, 1.165) is 18.6 Å². The second kappa shape index (κ2) is 6.62. The van der Waals surface area contributed by atoms with E-state index in [1.807, 2.05) is 19.1 Å². The molecule has 2 heterocycles. The summed E-state index contributed by atoms with van der Waals surface area (Å²) < 4.78 is 29.8. The lowest BCUT2D eigenvalue weighted by Gasteiger charge is -2.30. The predicted octanol–water partition coefficient (Wildman–Crippen LogP) is 0.998. The van der Waals surface area contributed by atoms with Crippen LogP contribution in [0.1, 0.15) is 25.5 Å². The van der Waals surface area contributed by atoms with Crippen LogP contribution in [-0.4, -0.2) is 44.0 Å². The summed E-state index contributed by atoms with van der Waals surface area (Å²) in [5.74, 6) is 0.471. The Morgan fingerprint density at radius 1 is 1.57 bits per heavy atom. The first kappa shape index (κ1) is 16.0. The van der Waals surface area contributed by atoms with Gasteiger partial charge in [0.2, 0.25) is 15.9 Å². The minimum absolute atomic E-state index is 0.0442. The van der Waals surface area contributed by atoms with Crippen molar-refractivity contribution in [1.82, 2.24) is 9.62 Å². The molecule has 21 heavy (non-hydrogen) atoms. The van der Waals surface area contributed by atoms with Crippen LogP contribution in [0.2, 0.25) is 0 Å². The molecule has 0 unspecified atom stereocenters. The molecular formula is C14H22N2O4S. The van der Waals surface area contributed by atoms with Crippen molar-refractivity contribution in [3.8, 4) is 0 Å². The summed E-state index contributed by atoms with van der Waals surface area (Å²) in [7, 11) is -3.22. The molecule has 1 saturated heterocycles. The average molecular weight is 314 g/mol. The summed E-state index contributed by atoms with van der Waals surface area (Å²) in [5, 5.41) is 2.94. The molecule has 1 amide bonds. The number of hydrogen-bond acceptors (Lipinski definition) is 4. The van der Waals surface area contributed by atoms with Gasteiger partial charge in [-0.2, -0.15) is 0 Å². The largest absolute Gasteiger partial charge is 0.469 e. The lowest BCUT2D eigenvalue weighted by molar-refractivity contribution is -0.126. The number of carbonyl (C=O) groups is 1. The Bertz CT molecular complexity index is 568. The minimum Gasteiger partial charge on any atom is -0.469 e. The third-order valence-corrected chi connectivity index (χ3v) is 4.97. The molecule has 0 aliphatic carbocycles. The van der Waals surface area contributed by atoms with Gasteiger partial charge in [-0.15, -0.1) is 0 Å². The third-order valence-electron chi connectivity index (χ3n) is 3.70.